The van der Waals surface area contributed by atoms with E-state index in [-0.39, 0.29) is 18.4 Å². The number of rotatable bonds is 7. The summed E-state index contributed by atoms with van der Waals surface area (Å²) in [5.74, 6) is 0.832. The normalized spacial score (nSPS) is 20.1. The summed E-state index contributed by atoms with van der Waals surface area (Å²) in [6, 6.07) is -0.0442. The molecule has 2 N–H and O–H groups in total. The van der Waals surface area contributed by atoms with Crippen LogP contribution in [0.15, 0.2) is 0 Å². The van der Waals surface area contributed by atoms with Gasteiger partial charge in [0.05, 0.1) is 0 Å². The molecule has 0 spiro atoms. The van der Waals surface area contributed by atoms with Crippen molar-refractivity contribution in [1.82, 2.24) is 10.2 Å². The van der Waals surface area contributed by atoms with Crippen molar-refractivity contribution in [2.45, 2.75) is 47.0 Å². The van der Waals surface area contributed by atoms with Gasteiger partial charge in [-0.2, -0.15) is 0 Å². The van der Waals surface area contributed by atoms with Gasteiger partial charge in [0.1, 0.15) is 0 Å². The lowest BCUT2D eigenvalue weighted by molar-refractivity contribution is -0.138. The molecule has 0 aromatic carbocycles. The topological polar surface area (TPSA) is 69.6 Å². The third-order valence-corrected chi connectivity index (χ3v) is 4.26. The molecule has 1 fully saturated rings. The van der Waals surface area contributed by atoms with E-state index in [0.717, 1.165) is 25.9 Å². The molecule has 0 aliphatic carbocycles. The zero-order valence-electron chi connectivity index (χ0n) is 13.8. The van der Waals surface area contributed by atoms with Gasteiger partial charge < -0.3 is 15.3 Å². The fourth-order valence-electron chi connectivity index (χ4n) is 3.01. The van der Waals surface area contributed by atoms with E-state index in [1.165, 1.54) is 0 Å². The van der Waals surface area contributed by atoms with Crippen molar-refractivity contribution in [2.24, 2.45) is 23.7 Å². The maximum atomic E-state index is 12.2. The van der Waals surface area contributed by atoms with Crippen LogP contribution in [0, 0.1) is 23.7 Å². The van der Waals surface area contributed by atoms with E-state index in [4.69, 9.17) is 5.11 Å². The van der Waals surface area contributed by atoms with Crippen LogP contribution in [-0.2, 0) is 4.79 Å². The molecule has 2 amide bonds. The van der Waals surface area contributed by atoms with Crippen LogP contribution in [0.25, 0.3) is 0 Å². The van der Waals surface area contributed by atoms with Gasteiger partial charge in [-0.25, -0.2) is 4.79 Å². The zero-order chi connectivity index (χ0) is 16.0. The fraction of sp³-hybridized carbons (Fsp3) is 0.875. The van der Waals surface area contributed by atoms with Crippen LogP contribution in [0.1, 0.15) is 47.0 Å². The number of amides is 2. The van der Waals surface area contributed by atoms with Crippen LogP contribution < -0.4 is 5.32 Å². The number of nitrogens with one attached hydrogen (secondary N) is 1. The molecule has 1 aliphatic rings. The Kier molecular flexibility index (Phi) is 6.99. The average molecular weight is 298 g/mol. The van der Waals surface area contributed by atoms with Gasteiger partial charge in [-0.1, -0.05) is 27.7 Å². The quantitative estimate of drug-likeness (QED) is 0.759. The summed E-state index contributed by atoms with van der Waals surface area (Å²) >= 11 is 0. The van der Waals surface area contributed by atoms with Crippen molar-refractivity contribution in [3.8, 4) is 0 Å². The molecule has 0 aromatic rings. The summed E-state index contributed by atoms with van der Waals surface area (Å²) < 4.78 is 0. The molecule has 0 radical (unpaired) electrons. The van der Waals surface area contributed by atoms with Gasteiger partial charge in [-0.15, -0.1) is 0 Å². The lowest BCUT2D eigenvalue weighted by atomic mass is 9.94. The number of carboxylic acids is 1. The Morgan fingerprint density at radius 1 is 1.29 bits per heavy atom. The lowest BCUT2D eigenvalue weighted by Gasteiger charge is -2.22. The van der Waals surface area contributed by atoms with Crippen LogP contribution >= 0.6 is 0 Å². The second-order valence-corrected chi connectivity index (χ2v) is 7.02. The second kappa shape index (κ2) is 8.25. The van der Waals surface area contributed by atoms with Crippen molar-refractivity contribution in [3.63, 3.8) is 0 Å². The zero-order valence-corrected chi connectivity index (χ0v) is 13.8. The Bertz CT molecular complexity index is 355. The van der Waals surface area contributed by atoms with Crippen LogP contribution in [0.3, 0.4) is 0 Å². The first-order valence-corrected chi connectivity index (χ1v) is 8.04. The number of likely N-dealkylation sites (tertiary alicyclic amines) is 1. The fourth-order valence-corrected chi connectivity index (χ4v) is 3.01. The predicted molar refractivity (Wildman–Crippen MR) is 83.1 cm³/mol. The Labute approximate surface area is 128 Å². The molecule has 0 saturated carbocycles. The number of carbonyl (C=O) groups excluding carboxylic acids is 1. The molecule has 21 heavy (non-hydrogen) atoms. The first kappa shape index (κ1) is 17.8. The van der Waals surface area contributed by atoms with Gasteiger partial charge in [0.15, 0.2) is 0 Å². The first-order chi connectivity index (χ1) is 9.79. The summed E-state index contributed by atoms with van der Waals surface area (Å²) in [4.78, 5) is 24.9. The maximum Gasteiger partial charge on any atom is 0.317 e. The predicted octanol–water partition coefficient (Wildman–Crippen LogP) is 2.81. The molecule has 0 bridgehead atoms. The van der Waals surface area contributed by atoms with E-state index < -0.39 is 5.97 Å². The van der Waals surface area contributed by atoms with E-state index >= 15 is 0 Å². The Morgan fingerprint density at radius 2 is 1.95 bits per heavy atom. The van der Waals surface area contributed by atoms with Gasteiger partial charge in [0.2, 0.25) is 0 Å². The highest BCUT2D eigenvalue weighted by Crippen LogP contribution is 2.23. The number of nitrogens with zero attached hydrogens (tertiary/aromatic N) is 1. The summed E-state index contributed by atoms with van der Waals surface area (Å²) in [6.07, 6.45) is 2.00. The minimum Gasteiger partial charge on any atom is -0.481 e. The van der Waals surface area contributed by atoms with Gasteiger partial charge in [-0.05, 0) is 36.5 Å². The summed E-state index contributed by atoms with van der Waals surface area (Å²) in [5.41, 5.74) is 0. The third-order valence-electron chi connectivity index (χ3n) is 4.26. The molecule has 122 valence electrons. The smallest absolute Gasteiger partial charge is 0.317 e. The Hall–Kier alpha value is -1.26. The highest BCUT2D eigenvalue weighted by Gasteiger charge is 2.28. The summed E-state index contributed by atoms with van der Waals surface area (Å²) in [6.45, 7) is 10.6. The Balaban J connectivity index is 2.41. The molecule has 5 nitrogen and oxygen atoms in total. The van der Waals surface area contributed by atoms with E-state index in [1.807, 2.05) is 4.90 Å². The van der Waals surface area contributed by atoms with Gasteiger partial charge in [0, 0.05) is 26.1 Å². The first-order valence-electron chi connectivity index (χ1n) is 8.04. The molecular formula is C16H30N2O3. The molecule has 5 heteroatoms. The minimum absolute atomic E-state index is 0.00921. The number of aliphatic carboxylic acids is 1. The SMILES string of the molecule is CC(C)CC(CNC(=O)N1CCC(C(C)C)C1)CC(=O)O. The highest BCUT2D eigenvalue weighted by atomic mass is 16.4. The molecule has 1 heterocycles. The van der Waals surface area contributed by atoms with Crippen molar-refractivity contribution in [1.29, 1.82) is 0 Å². The molecule has 0 aromatic heterocycles. The molecular weight excluding hydrogens is 268 g/mol. The molecule has 1 aliphatic heterocycles. The van der Waals surface area contributed by atoms with Crippen molar-refractivity contribution < 1.29 is 14.7 Å². The Morgan fingerprint density at radius 3 is 2.43 bits per heavy atom. The van der Waals surface area contributed by atoms with E-state index in [9.17, 15) is 9.59 Å². The molecule has 2 unspecified atom stereocenters. The van der Waals surface area contributed by atoms with Crippen LogP contribution in [-0.4, -0.2) is 41.6 Å². The van der Waals surface area contributed by atoms with E-state index in [1.54, 1.807) is 0 Å². The van der Waals surface area contributed by atoms with Gasteiger partial charge in [0.25, 0.3) is 0 Å². The van der Waals surface area contributed by atoms with E-state index in [0.29, 0.717) is 24.3 Å². The maximum absolute atomic E-state index is 12.2. The standard InChI is InChI=1S/C16H30N2O3/c1-11(2)7-13(8-15(19)20)9-17-16(21)18-6-5-14(10-18)12(3)4/h11-14H,5-10H2,1-4H3,(H,17,21)(H,19,20). The van der Waals surface area contributed by atoms with Crippen molar-refractivity contribution in [2.75, 3.05) is 19.6 Å². The monoisotopic (exact) mass is 298 g/mol. The lowest BCUT2D eigenvalue weighted by Crippen LogP contribution is -2.41. The number of carboxylic acid groups (broad SMARTS) is 1. The average Bonchev–Trinajstić information content (AvgIpc) is 2.83. The summed E-state index contributed by atoms with van der Waals surface area (Å²) in [5, 5.41) is 11.9. The molecule has 1 rings (SSSR count). The largest absolute Gasteiger partial charge is 0.481 e. The molecule has 1 saturated heterocycles. The summed E-state index contributed by atoms with van der Waals surface area (Å²) in [7, 11) is 0. The second-order valence-electron chi connectivity index (χ2n) is 7.02. The minimum atomic E-state index is -0.795. The molecule has 2 atom stereocenters. The van der Waals surface area contributed by atoms with E-state index in [2.05, 4.69) is 33.0 Å². The number of carbonyl (C=O) groups is 2. The number of hydrogen-bond donors (Lipinski definition) is 2. The van der Waals surface area contributed by atoms with Gasteiger partial charge in [-0.3, -0.25) is 4.79 Å². The number of hydrogen-bond acceptors (Lipinski definition) is 2. The van der Waals surface area contributed by atoms with Crippen LogP contribution in [0.4, 0.5) is 4.79 Å². The highest BCUT2D eigenvalue weighted by molar-refractivity contribution is 5.74. The van der Waals surface area contributed by atoms with Crippen molar-refractivity contribution >= 4 is 12.0 Å². The van der Waals surface area contributed by atoms with Gasteiger partial charge >= 0.3 is 12.0 Å². The number of urea groups is 1. The van der Waals surface area contributed by atoms with Crippen molar-refractivity contribution in [3.05, 3.63) is 0 Å². The van der Waals surface area contributed by atoms with Crippen LogP contribution in [0.5, 0.6) is 0 Å². The van der Waals surface area contributed by atoms with Crippen LogP contribution in [0.2, 0.25) is 0 Å². The third kappa shape index (κ3) is 6.36.